The number of pyridine rings is 1. The van der Waals surface area contributed by atoms with Gasteiger partial charge in [0.2, 0.25) is 17.8 Å². The summed E-state index contributed by atoms with van der Waals surface area (Å²) in [4.78, 5) is 57.0. The van der Waals surface area contributed by atoms with E-state index in [1.165, 1.54) is 0 Å². The van der Waals surface area contributed by atoms with Gasteiger partial charge >= 0.3 is 0 Å². The highest BCUT2D eigenvalue weighted by molar-refractivity contribution is 6.01. The molecule has 0 radical (unpaired) electrons. The highest BCUT2D eigenvalue weighted by atomic mass is 19.1. The van der Waals surface area contributed by atoms with Crippen molar-refractivity contribution in [3.63, 3.8) is 0 Å². The molecule has 0 spiro atoms. The first-order chi connectivity index (χ1) is 25.6. The fourth-order valence-corrected chi connectivity index (χ4v) is 8.64. The number of hydrogen-bond acceptors (Lipinski definition) is 9. The molecule has 3 amide bonds. The van der Waals surface area contributed by atoms with E-state index in [1.807, 2.05) is 42.6 Å². The standard InChI is InChI=1S/C40H48FN9O3/c1-47(2)38(53)33-21-28-22-43-39(46-36(28)50(33)30-5-3-4-6-30)44-34-13-11-31(23-42-34)48-19-16-29(17-20-48)49-24-40(41,25-49)18-15-26-7-9-27(10-8-26)32-12-14-35(51)45-37(32)52/h7-11,13,21-23,29-30,32H,3-6,12,14-20,24-25H2,1-2H3,(H,45,51,52)(H,42,43,44,46). The minimum Gasteiger partial charge on any atom is -0.370 e. The number of fused-ring (bicyclic) bond motifs is 1. The lowest BCUT2D eigenvalue weighted by molar-refractivity contribution is -0.134. The molecule has 4 fully saturated rings. The number of nitrogens with zero attached hydrogens (tertiary/aromatic N) is 7. The molecule has 1 atom stereocenters. The Labute approximate surface area is 309 Å². The average Bonchev–Trinajstić information content (AvgIpc) is 3.81. The van der Waals surface area contributed by atoms with Crippen molar-refractivity contribution in [3.8, 4) is 0 Å². The zero-order valence-electron chi connectivity index (χ0n) is 30.6. The molecule has 0 bridgehead atoms. The van der Waals surface area contributed by atoms with Crippen LogP contribution in [0.4, 0.5) is 21.8 Å². The van der Waals surface area contributed by atoms with Gasteiger partial charge in [-0.15, -0.1) is 0 Å². The monoisotopic (exact) mass is 721 g/mol. The summed E-state index contributed by atoms with van der Waals surface area (Å²) in [6.07, 6.45) is 12.0. The van der Waals surface area contributed by atoms with E-state index in [9.17, 15) is 14.4 Å². The van der Waals surface area contributed by atoms with Crippen molar-refractivity contribution in [2.75, 3.05) is 50.5 Å². The van der Waals surface area contributed by atoms with Crippen molar-refractivity contribution in [2.24, 2.45) is 0 Å². The van der Waals surface area contributed by atoms with Crippen molar-refractivity contribution >= 4 is 46.2 Å². The molecule has 3 saturated heterocycles. The van der Waals surface area contributed by atoms with Gasteiger partial charge in [0.15, 0.2) is 0 Å². The van der Waals surface area contributed by atoms with Crippen LogP contribution < -0.4 is 15.5 Å². The maximum Gasteiger partial charge on any atom is 0.270 e. The molecule has 1 aliphatic carbocycles. The molecule has 2 N–H and O–H groups in total. The summed E-state index contributed by atoms with van der Waals surface area (Å²) in [6, 6.07) is 14.4. The van der Waals surface area contributed by atoms with Crippen LogP contribution in [-0.2, 0) is 16.0 Å². The van der Waals surface area contributed by atoms with Gasteiger partial charge in [-0.1, -0.05) is 37.1 Å². The number of benzene rings is 1. The van der Waals surface area contributed by atoms with Crippen LogP contribution >= 0.6 is 0 Å². The van der Waals surface area contributed by atoms with Crippen molar-refractivity contribution in [2.45, 2.75) is 87.9 Å². The Kier molecular flexibility index (Phi) is 9.61. The summed E-state index contributed by atoms with van der Waals surface area (Å²) in [7, 11) is 3.55. The zero-order chi connectivity index (χ0) is 36.7. The molecule has 1 unspecified atom stereocenters. The van der Waals surface area contributed by atoms with E-state index >= 15 is 4.39 Å². The fourth-order valence-electron chi connectivity index (χ4n) is 8.64. The van der Waals surface area contributed by atoms with Crippen LogP contribution in [0, 0.1) is 0 Å². The summed E-state index contributed by atoms with van der Waals surface area (Å²) >= 11 is 0. The number of amides is 3. The number of hydrogen-bond donors (Lipinski definition) is 2. The summed E-state index contributed by atoms with van der Waals surface area (Å²) in [5.74, 6) is 0.317. The van der Waals surface area contributed by atoms with E-state index in [2.05, 4.69) is 41.0 Å². The lowest BCUT2D eigenvalue weighted by Crippen LogP contribution is -2.63. The third-order valence-corrected chi connectivity index (χ3v) is 11.7. The first-order valence-electron chi connectivity index (χ1n) is 19.1. The molecule has 4 aliphatic rings. The van der Waals surface area contributed by atoms with Crippen LogP contribution in [0.3, 0.4) is 0 Å². The molecular weight excluding hydrogens is 673 g/mol. The first-order valence-corrected chi connectivity index (χ1v) is 19.1. The van der Waals surface area contributed by atoms with Crippen LogP contribution in [0.1, 0.15) is 91.4 Å². The van der Waals surface area contributed by atoms with Gasteiger partial charge in [0.1, 0.15) is 22.8 Å². The topological polar surface area (TPSA) is 129 Å². The minimum atomic E-state index is -1.17. The van der Waals surface area contributed by atoms with Gasteiger partial charge in [0.05, 0.1) is 17.8 Å². The van der Waals surface area contributed by atoms with Crippen molar-refractivity contribution in [3.05, 3.63) is 71.7 Å². The molecular formula is C40H48FN9O3. The highest BCUT2D eigenvalue weighted by Crippen LogP contribution is 2.37. The smallest absolute Gasteiger partial charge is 0.270 e. The van der Waals surface area contributed by atoms with Gasteiger partial charge in [-0.3, -0.25) is 24.6 Å². The van der Waals surface area contributed by atoms with E-state index in [1.54, 1.807) is 25.2 Å². The van der Waals surface area contributed by atoms with Gasteiger partial charge < -0.3 is 19.7 Å². The van der Waals surface area contributed by atoms with Crippen LogP contribution in [0.5, 0.6) is 0 Å². The Morgan fingerprint density at radius 2 is 1.72 bits per heavy atom. The number of rotatable bonds is 10. The molecule has 278 valence electrons. The largest absolute Gasteiger partial charge is 0.370 e. The molecule has 3 aromatic heterocycles. The number of anilines is 3. The average molecular weight is 722 g/mol. The molecule has 53 heavy (non-hydrogen) atoms. The van der Waals surface area contributed by atoms with E-state index in [-0.39, 0.29) is 29.7 Å². The van der Waals surface area contributed by atoms with Crippen molar-refractivity contribution in [1.82, 2.24) is 34.6 Å². The second kappa shape index (κ2) is 14.5. The van der Waals surface area contributed by atoms with E-state index in [4.69, 9.17) is 4.98 Å². The molecule has 1 aromatic carbocycles. The maximum absolute atomic E-state index is 15.6. The fraction of sp³-hybridized carbons (Fsp3) is 0.500. The molecule has 12 nitrogen and oxygen atoms in total. The highest BCUT2D eigenvalue weighted by Gasteiger charge is 2.46. The quantitative estimate of drug-likeness (QED) is 0.203. The second-order valence-corrected chi connectivity index (χ2v) is 15.6. The molecule has 13 heteroatoms. The van der Waals surface area contributed by atoms with Crippen molar-refractivity contribution < 1.29 is 18.8 Å². The Morgan fingerprint density at radius 3 is 2.40 bits per heavy atom. The molecule has 8 rings (SSSR count). The number of imide groups is 1. The summed E-state index contributed by atoms with van der Waals surface area (Å²) in [6.45, 7) is 2.72. The summed E-state index contributed by atoms with van der Waals surface area (Å²) < 4.78 is 17.8. The number of alkyl halides is 1. The SMILES string of the molecule is CN(C)C(=O)c1cc2cnc(Nc3ccc(N4CCC(N5CC(F)(CCc6ccc(C7CCC(=O)NC7=O)cc6)C5)CC4)cn3)nc2n1C1CCCC1. The predicted molar refractivity (Wildman–Crippen MR) is 201 cm³/mol. The summed E-state index contributed by atoms with van der Waals surface area (Å²) in [5, 5.41) is 6.53. The third-order valence-electron chi connectivity index (χ3n) is 11.7. The Balaban J connectivity index is 0.816. The van der Waals surface area contributed by atoms with E-state index < -0.39 is 5.67 Å². The van der Waals surface area contributed by atoms with Gasteiger partial charge in [0, 0.05) is 70.4 Å². The third kappa shape index (κ3) is 7.36. The number of carbonyl (C=O) groups excluding carboxylic acids is 3. The second-order valence-electron chi connectivity index (χ2n) is 15.6. The lowest BCUT2D eigenvalue weighted by atomic mass is 9.85. The van der Waals surface area contributed by atoms with Crippen LogP contribution in [0.25, 0.3) is 11.0 Å². The van der Waals surface area contributed by atoms with Gasteiger partial charge in [0.25, 0.3) is 5.91 Å². The number of aromatic nitrogens is 4. The van der Waals surface area contributed by atoms with Gasteiger partial charge in [-0.2, -0.15) is 4.98 Å². The normalized spacial score (nSPS) is 21.1. The van der Waals surface area contributed by atoms with Crippen molar-refractivity contribution in [1.29, 1.82) is 0 Å². The predicted octanol–water partition coefficient (Wildman–Crippen LogP) is 5.53. The number of aryl methyl sites for hydroxylation is 1. The number of likely N-dealkylation sites (tertiary alicyclic amines) is 1. The Morgan fingerprint density at radius 1 is 0.962 bits per heavy atom. The molecule has 4 aromatic rings. The zero-order valence-corrected chi connectivity index (χ0v) is 30.6. The Bertz CT molecular complexity index is 1980. The first kappa shape index (κ1) is 35.1. The van der Waals surface area contributed by atoms with Crippen LogP contribution in [0.15, 0.2) is 54.9 Å². The minimum absolute atomic E-state index is 0.0318. The Hall–Kier alpha value is -4.91. The summed E-state index contributed by atoms with van der Waals surface area (Å²) in [5.41, 5.74) is 3.27. The maximum atomic E-state index is 15.6. The molecule has 1 saturated carbocycles. The number of piperidine rings is 2. The van der Waals surface area contributed by atoms with E-state index in [0.29, 0.717) is 62.3 Å². The van der Waals surface area contributed by atoms with E-state index in [0.717, 1.165) is 79.5 Å². The van der Waals surface area contributed by atoms with Crippen LogP contribution in [-0.4, -0.2) is 99.0 Å². The lowest BCUT2D eigenvalue weighted by Gasteiger charge is -2.50. The molecule has 3 aliphatic heterocycles. The number of carbonyl (C=O) groups is 3. The number of halogens is 1. The van der Waals surface area contributed by atoms with Crippen LogP contribution in [0.2, 0.25) is 0 Å². The van der Waals surface area contributed by atoms with Gasteiger partial charge in [-0.05, 0) is 74.3 Å². The molecule has 6 heterocycles. The number of nitrogens with one attached hydrogen (secondary N) is 2. The van der Waals surface area contributed by atoms with Gasteiger partial charge in [-0.25, -0.2) is 14.4 Å².